The lowest BCUT2D eigenvalue weighted by atomic mass is 10.0. The van der Waals surface area contributed by atoms with Gasteiger partial charge in [0.2, 0.25) is 5.91 Å². The van der Waals surface area contributed by atoms with Crippen LogP contribution in [0.2, 0.25) is 0 Å². The molecule has 0 unspecified atom stereocenters. The molecule has 1 amide bonds. The maximum atomic E-state index is 15.4. The van der Waals surface area contributed by atoms with Crippen molar-refractivity contribution in [1.82, 2.24) is 15.0 Å². The van der Waals surface area contributed by atoms with E-state index in [2.05, 4.69) is 15.0 Å². The molecule has 1 fully saturated rings. The lowest BCUT2D eigenvalue weighted by Gasteiger charge is -2.24. The molecular weight excluding hydrogens is 407 g/mol. The number of nitrogens with zero attached hydrogens (tertiary/aromatic N) is 5. The second-order valence-electron chi connectivity index (χ2n) is 7.94. The molecule has 32 heavy (non-hydrogen) atoms. The summed E-state index contributed by atoms with van der Waals surface area (Å²) in [6.07, 6.45) is 6.29. The largest absolute Gasteiger partial charge is 0.369 e. The van der Waals surface area contributed by atoms with Crippen LogP contribution < -0.4 is 10.6 Å². The number of nitrogens with two attached hydrogens (primary N) is 1. The second kappa shape index (κ2) is 9.52. The zero-order chi connectivity index (χ0) is 22.5. The Kier molecular flexibility index (Phi) is 6.36. The van der Waals surface area contributed by atoms with Crippen LogP contribution in [0.15, 0.2) is 48.9 Å². The smallest absolute Gasteiger partial charge is 0.221 e. The van der Waals surface area contributed by atoms with Gasteiger partial charge in [0.05, 0.1) is 12.1 Å². The molecule has 1 aliphatic carbocycles. The van der Waals surface area contributed by atoms with Gasteiger partial charge in [0.1, 0.15) is 18.1 Å². The van der Waals surface area contributed by atoms with Crippen LogP contribution in [0.25, 0.3) is 0 Å². The highest BCUT2D eigenvalue weighted by atomic mass is 19.1. The van der Waals surface area contributed by atoms with Crippen molar-refractivity contribution in [2.75, 3.05) is 4.90 Å². The average Bonchev–Trinajstić information content (AvgIpc) is 3.63. The highest BCUT2D eigenvalue weighted by Crippen LogP contribution is 2.33. The van der Waals surface area contributed by atoms with E-state index in [4.69, 9.17) is 11.0 Å². The Balaban J connectivity index is 1.47. The maximum absolute atomic E-state index is 15.4. The van der Waals surface area contributed by atoms with Crippen LogP contribution in [0.1, 0.15) is 40.9 Å². The number of aryl methyl sites for hydroxylation is 2. The first-order valence-electron chi connectivity index (χ1n) is 10.5. The van der Waals surface area contributed by atoms with Gasteiger partial charge >= 0.3 is 0 Å². The Bertz CT molecular complexity index is 1140. The lowest BCUT2D eigenvalue weighted by molar-refractivity contribution is -0.117. The molecule has 1 aromatic carbocycles. The summed E-state index contributed by atoms with van der Waals surface area (Å²) in [5.74, 6) is -0.463. The van der Waals surface area contributed by atoms with E-state index in [1.165, 1.54) is 6.33 Å². The molecule has 162 valence electrons. The third-order valence-electron chi connectivity index (χ3n) is 5.45. The number of hydrogen-bond acceptors (Lipinski definition) is 6. The number of hydrogen-bond donors (Lipinski definition) is 1. The average molecular weight is 430 g/mol. The van der Waals surface area contributed by atoms with Gasteiger partial charge in [-0.15, -0.1) is 0 Å². The number of anilines is 1. The highest BCUT2D eigenvalue weighted by Gasteiger charge is 2.32. The van der Waals surface area contributed by atoms with Crippen molar-refractivity contribution in [3.63, 3.8) is 0 Å². The van der Waals surface area contributed by atoms with Crippen LogP contribution in [0, 0.1) is 17.1 Å². The zero-order valence-corrected chi connectivity index (χ0v) is 17.5. The van der Waals surface area contributed by atoms with Crippen LogP contribution in [-0.2, 0) is 30.6 Å². The van der Waals surface area contributed by atoms with Crippen molar-refractivity contribution >= 4 is 11.7 Å². The fraction of sp³-hybridized carbons (Fsp3) is 0.292. The van der Waals surface area contributed by atoms with Crippen molar-refractivity contribution in [3.05, 3.63) is 82.8 Å². The molecule has 0 saturated heterocycles. The zero-order valence-electron chi connectivity index (χ0n) is 17.5. The summed E-state index contributed by atoms with van der Waals surface area (Å²) in [4.78, 5) is 25.5. The van der Waals surface area contributed by atoms with Crippen molar-refractivity contribution in [3.8, 4) is 6.07 Å². The summed E-state index contributed by atoms with van der Waals surface area (Å²) in [6.45, 7) is 0.470. The fourth-order valence-electron chi connectivity index (χ4n) is 3.60. The summed E-state index contributed by atoms with van der Waals surface area (Å²) >= 11 is 0. The van der Waals surface area contributed by atoms with E-state index in [1.54, 1.807) is 12.3 Å². The normalized spacial score (nSPS) is 12.9. The SMILES string of the molecule is N#Cc1ccc(CN(c2ncnc(CCc3ccc(CC(N)=O)cc3)c2F)C2CC2)cn1. The summed E-state index contributed by atoms with van der Waals surface area (Å²) in [5.41, 5.74) is 8.73. The van der Waals surface area contributed by atoms with E-state index in [1.807, 2.05) is 41.3 Å². The van der Waals surface area contributed by atoms with Gasteiger partial charge in [-0.2, -0.15) is 5.26 Å². The molecule has 1 saturated carbocycles. The molecule has 0 atom stereocenters. The van der Waals surface area contributed by atoms with Gasteiger partial charge in [0.15, 0.2) is 11.6 Å². The summed E-state index contributed by atoms with van der Waals surface area (Å²) in [5, 5.41) is 8.93. The summed E-state index contributed by atoms with van der Waals surface area (Å²) < 4.78 is 15.4. The fourth-order valence-corrected chi connectivity index (χ4v) is 3.60. The van der Waals surface area contributed by atoms with Crippen LogP contribution in [0.3, 0.4) is 0 Å². The Hall–Kier alpha value is -3.86. The van der Waals surface area contributed by atoms with Gasteiger partial charge < -0.3 is 10.6 Å². The van der Waals surface area contributed by atoms with Gasteiger partial charge in [-0.3, -0.25) is 4.79 Å². The molecule has 8 heteroatoms. The minimum absolute atomic E-state index is 0.204. The summed E-state index contributed by atoms with van der Waals surface area (Å²) in [6, 6.07) is 13.3. The number of carbonyl (C=O) groups excluding carboxylic acids is 1. The third-order valence-corrected chi connectivity index (χ3v) is 5.45. The predicted octanol–water partition coefficient (Wildman–Crippen LogP) is 2.86. The minimum Gasteiger partial charge on any atom is -0.369 e. The Morgan fingerprint density at radius 1 is 1.06 bits per heavy atom. The molecule has 4 rings (SSSR count). The van der Waals surface area contributed by atoms with Gasteiger partial charge in [0, 0.05) is 18.8 Å². The van der Waals surface area contributed by atoms with Crippen molar-refractivity contribution in [2.45, 2.75) is 44.7 Å². The van der Waals surface area contributed by atoms with Gasteiger partial charge in [-0.25, -0.2) is 19.3 Å². The van der Waals surface area contributed by atoms with Crippen LogP contribution in [-0.4, -0.2) is 26.9 Å². The molecule has 0 radical (unpaired) electrons. The monoisotopic (exact) mass is 430 g/mol. The number of benzene rings is 1. The Labute approximate surface area is 185 Å². The van der Waals surface area contributed by atoms with Crippen molar-refractivity contribution in [1.29, 1.82) is 5.26 Å². The molecule has 3 aromatic rings. The lowest BCUT2D eigenvalue weighted by Crippen LogP contribution is -2.28. The molecule has 7 nitrogen and oxygen atoms in total. The molecule has 0 aliphatic heterocycles. The van der Waals surface area contributed by atoms with Crippen LogP contribution in [0.5, 0.6) is 0 Å². The first-order chi connectivity index (χ1) is 15.5. The van der Waals surface area contributed by atoms with E-state index >= 15 is 4.39 Å². The van der Waals surface area contributed by atoms with Gasteiger partial charge in [-0.1, -0.05) is 30.3 Å². The van der Waals surface area contributed by atoms with Crippen LogP contribution >= 0.6 is 0 Å². The van der Waals surface area contributed by atoms with E-state index < -0.39 is 5.82 Å². The molecular formula is C24H23FN6O. The first-order valence-corrected chi connectivity index (χ1v) is 10.5. The molecule has 2 heterocycles. The number of primary amides is 1. The first kappa shape index (κ1) is 21.4. The Morgan fingerprint density at radius 3 is 2.41 bits per heavy atom. The number of amides is 1. The Morgan fingerprint density at radius 2 is 1.78 bits per heavy atom. The highest BCUT2D eigenvalue weighted by molar-refractivity contribution is 5.76. The second-order valence-corrected chi connectivity index (χ2v) is 7.94. The van der Waals surface area contributed by atoms with E-state index in [0.717, 1.165) is 29.5 Å². The number of pyridine rings is 1. The standard InChI is InChI=1S/C24H23FN6O/c25-23-21(10-6-16-1-3-17(4-2-16)11-22(27)32)29-15-30-24(23)31(20-8-9-20)14-18-5-7-19(12-26)28-13-18/h1-5,7,13,15,20H,6,8-11,14H2,(H2,27,32). The maximum Gasteiger partial charge on any atom is 0.221 e. The molecule has 0 bridgehead atoms. The predicted molar refractivity (Wildman–Crippen MR) is 117 cm³/mol. The molecule has 0 spiro atoms. The number of carbonyl (C=O) groups is 1. The van der Waals surface area contributed by atoms with Crippen molar-refractivity contribution < 1.29 is 9.18 Å². The van der Waals surface area contributed by atoms with Gasteiger partial charge in [0.25, 0.3) is 0 Å². The molecule has 2 N–H and O–H groups in total. The number of nitriles is 1. The number of aromatic nitrogens is 3. The van der Waals surface area contributed by atoms with Gasteiger partial charge in [-0.05, 0) is 48.4 Å². The molecule has 1 aliphatic rings. The third kappa shape index (κ3) is 5.24. The number of halogens is 1. The van der Waals surface area contributed by atoms with E-state index in [-0.39, 0.29) is 18.4 Å². The van der Waals surface area contributed by atoms with Crippen LogP contribution in [0.4, 0.5) is 10.2 Å². The minimum atomic E-state index is -0.397. The number of rotatable bonds is 9. The van der Waals surface area contributed by atoms with E-state index in [9.17, 15) is 4.79 Å². The molecule has 2 aromatic heterocycles. The van der Waals surface area contributed by atoms with E-state index in [0.29, 0.717) is 36.6 Å². The van der Waals surface area contributed by atoms with Crippen molar-refractivity contribution in [2.24, 2.45) is 5.73 Å². The quantitative estimate of drug-likeness (QED) is 0.559. The summed E-state index contributed by atoms with van der Waals surface area (Å²) in [7, 11) is 0. The topological polar surface area (TPSA) is 109 Å².